The molecule has 1 aromatic heterocycles. The Labute approximate surface area is 81.0 Å². The molecule has 1 fully saturated rings. The maximum absolute atomic E-state index is 11.1. The zero-order valence-electron chi connectivity index (χ0n) is 7.55. The van der Waals surface area contributed by atoms with E-state index < -0.39 is 11.4 Å². The summed E-state index contributed by atoms with van der Waals surface area (Å²) in [4.78, 5) is 18.8. The number of aliphatic carboxylic acids is 1. The minimum atomic E-state index is -0.847. The number of carboxylic acids is 1. The standard InChI is InChI=1S/C9H11N3O2/c10-7-1-9(2-7,8(13)14)6-3-11-5-12-4-6/h3-5,7H,1-2,10H2,(H,13,14). The predicted molar refractivity (Wildman–Crippen MR) is 48.6 cm³/mol. The molecule has 0 radical (unpaired) electrons. The molecule has 0 unspecified atom stereocenters. The van der Waals surface area contributed by atoms with Gasteiger partial charge in [-0.3, -0.25) is 4.79 Å². The first kappa shape index (κ1) is 9.08. The van der Waals surface area contributed by atoms with Gasteiger partial charge in [0.05, 0.1) is 5.41 Å². The average Bonchev–Trinajstić information content (AvgIpc) is 2.13. The molecule has 1 saturated carbocycles. The van der Waals surface area contributed by atoms with E-state index in [1.165, 1.54) is 6.33 Å². The van der Waals surface area contributed by atoms with Crippen LogP contribution in [-0.4, -0.2) is 27.1 Å². The number of rotatable bonds is 2. The molecule has 5 nitrogen and oxygen atoms in total. The van der Waals surface area contributed by atoms with E-state index >= 15 is 0 Å². The van der Waals surface area contributed by atoms with E-state index in [0.29, 0.717) is 18.4 Å². The first-order valence-corrected chi connectivity index (χ1v) is 4.39. The minimum absolute atomic E-state index is 0.0219. The molecule has 14 heavy (non-hydrogen) atoms. The maximum atomic E-state index is 11.1. The van der Waals surface area contributed by atoms with Gasteiger partial charge < -0.3 is 10.8 Å². The van der Waals surface area contributed by atoms with Crippen LogP contribution in [-0.2, 0) is 10.2 Å². The summed E-state index contributed by atoms with van der Waals surface area (Å²) in [7, 11) is 0. The first-order valence-electron chi connectivity index (χ1n) is 4.39. The molecule has 0 aromatic carbocycles. The molecule has 1 aromatic rings. The topological polar surface area (TPSA) is 89.1 Å². The molecule has 1 aliphatic rings. The van der Waals surface area contributed by atoms with E-state index in [9.17, 15) is 4.79 Å². The Hall–Kier alpha value is -1.49. The molecule has 0 bridgehead atoms. The third-order valence-electron chi connectivity index (χ3n) is 2.74. The number of nitrogens with zero attached hydrogens (tertiary/aromatic N) is 2. The fraction of sp³-hybridized carbons (Fsp3) is 0.444. The molecule has 0 spiro atoms. The highest BCUT2D eigenvalue weighted by atomic mass is 16.4. The van der Waals surface area contributed by atoms with Gasteiger partial charge in [-0.15, -0.1) is 0 Å². The second kappa shape index (κ2) is 3.02. The van der Waals surface area contributed by atoms with Crippen molar-refractivity contribution in [3.63, 3.8) is 0 Å². The van der Waals surface area contributed by atoms with Crippen LogP contribution in [0.3, 0.4) is 0 Å². The maximum Gasteiger partial charge on any atom is 0.314 e. The summed E-state index contributed by atoms with van der Waals surface area (Å²) >= 11 is 0. The molecule has 2 rings (SSSR count). The van der Waals surface area contributed by atoms with Crippen LogP contribution in [0, 0.1) is 0 Å². The van der Waals surface area contributed by atoms with Crippen LogP contribution < -0.4 is 5.73 Å². The van der Waals surface area contributed by atoms with Crippen LogP contribution in [0.5, 0.6) is 0 Å². The smallest absolute Gasteiger partial charge is 0.314 e. The lowest BCUT2D eigenvalue weighted by molar-refractivity contribution is -0.148. The number of aromatic nitrogens is 2. The van der Waals surface area contributed by atoms with E-state index in [2.05, 4.69) is 9.97 Å². The second-order valence-electron chi connectivity index (χ2n) is 3.68. The number of hydrogen-bond donors (Lipinski definition) is 2. The van der Waals surface area contributed by atoms with Gasteiger partial charge in [-0.1, -0.05) is 0 Å². The van der Waals surface area contributed by atoms with Crippen molar-refractivity contribution in [3.8, 4) is 0 Å². The largest absolute Gasteiger partial charge is 0.481 e. The molecule has 74 valence electrons. The monoisotopic (exact) mass is 193 g/mol. The van der Waals surface area contributed by atoms with Gasteiger partial charge in [0.2, 0.25) is 0 Å². The summed E-state index contributed by atoms with van der Waals surface area (Å²) in [5, 5.41) is 9.14. The molecule has 0 atom stereocenters. The lowest BCUT2D eigenvalue weighted by atomic mass is 9.62. The number of carboxylic acid groups (broad SMARTS) is 1. The Morgan fingerprint density at radius 2 is 2.07 bits per heavy atom. The van der Waals surface area contributed by atoms with Crippen LogP contribution in [0.2, 0.25) is 0 Å². The summed E-state index contributed by atoms with van der Waals surface area (Å²) < 4.78 is 0. The number of nitrogens with two attached hydrogens (primary N) is 1. The quantitative estimate of drug-likeness (QED) is 0.685. The Bertz CT molecular complexity index is 346. The number of carbonyl (C=O) groups is 1. The van der Waals surface area contributed by atoms with Crippen LogP contribution >= 0.6 is 0 Å². The van der Waals surface area contributed by atoms with Crippen molar-refractivity contribution in [2.24, 2.45) is 5.73 Å². The van der Waals surface area contributed by atoms with Crippen molar-refractivity contribution in [3.05, 3.63) is 24.3 Å². The molecule has 0 amide bonds. The minimum Gasteiger partial charge on any atom is -0.481 e. The Kier molecular flexibility index (Phi) is 1.96. The lowest BCUT2D eigenvalue weighted by Crippen LogP contribution is -2.54. The summed E-state index contributed by atoms with van der Waals surface area (Å²) in [5.41, 5.74) is 5.43. The molecule has 3 N–H and O–H groups in total. The normalized spacial score (nSPS) is 30.8. The zero-order chi connectivity index (χ0) is 10.2. The molecule has 1 heterocycles. The highest BCUT2D eigenvalue weighted by molar-refractivity contribution is 5.82. The van der Waals surface area contributed by atoms with Crippen LogP contribution in [0.25, 0.3) is 0 Å². The fourth-order valence-electron chi connectivity index (χ4n) is 1.92. The van der Waals surface area contributed by atoms with E-state index in [0.717, 1.165) is 0 Å². The lowest BCUT2D eigenvalue weighted by Gasteiger charge is -2.42. The van der Waals surface area contributed by atoms with Crippen LogP contribution in [0.15, 0.2) is 18.7 Å². The molecule has 1 aliphatic carbocycles. The Morgan fingerprint density at radius 3 is 2.50 bits per heavy atom. The van der Waals surface area contributed by atoms with Gasteiger partial charge in [-0.25, -0.2) is 9.97 Å². The van der Waals surface area contributed by atoms with Crippen molar-refractivity contribution in [2.45, 2.75) is 24.3 Å². The van der Waals surface area contributed by atoms with Crippen LogP contribution in [0.4, 0.5) is 0 Å². The SMILES string of the molecule is NC1CC(C(=O)O)(c2cncnc2)C1. The van der Waals surface area contributed by atoms with Gasteiger partial charge in [0, 0.05) is 24.0 Å². The number of hydrogen-bond acceptors (Lipinski definition) is 4. The Morgan fingerprint density at radius 1 is 1.50 bits per heavy atom. The molecule has 5 heteroatoms. The fourth-order valence-corrected chi connectivity index (χ4v) is 1.92. The van der Waals surface area contributed by atoms with Crippen molar-refractivity contribution in [2.75, 3.05) is 0 Å². The van der Waals surface area contributed by atoms with Gasteiger partial charge in [-0.2, -0.15) is 0 Å². The van der Waals surface area contributed by atoms with E-state index in [1.54, 1.807) is 12.4 Å². The van der Waals surface area contributed by atoms with Crippen molar-refractivity contribution >= 4 is 5.97 Å². The summed E-state index contributed by atoms with van der Waals surface area (Å²) in [5.74, 6) is -0.839. The highest BCUT2D eigenvalue weighted by Crippen LogP contribution is 2.42. The molecular formula is C9H11N3O2. The highest BCUT2D eigenvalue weighted by Gasteiger charge is 2.50. The van der Waals surface area contributed by atoms with Crippen LogP contribution in [0.1, 0.15) is 18.4 Å². The van der Waals surface area contributed by atoms with Gasteiger partial charge in [0.25, 0.3) is 0 Å². The summed E-state index contributed by atoms with van der Waals surface area (Å²) in [6.45, 7) is 0. The Balaban J connectivity index is 2.34. The summed E-state index contributed by atoms with van der Waals surface area (Å²) in [6, 6.07) is -0.0219. The zero-order valence-corrected chi connectivity index (χ0v) is 7.55. The average molecular weight is 193 g/mol. The third kappa shape index (κ3) is 1.17. The third-order valence-corrected chi connectivity index (χ3v) is 2.74. The van der Waals surface area contributed by atoms with E-state index in [-0.39, 0.29) is 6.04 Å². The van der Waals surface area contributed by atoms with Crippen molar-refractivity contribution < 1.29 is 9.90 Å². The van der Waals surface area contributed by atoms with Gasteiger partial charge in [-0.05, 0) is 12.8 Å². The summed E-state index contributed by atoms with van der Waals surface area (Å²) in [6.07, 6.45) is 5.42. The van der Waals surface area contributed by atoms with Crippen molar-refractivity contribution in [1.82, 2.24) is 9.97 Å². The van der Waals surface area contributed by atoms with E-state index in [1.807, 2.05) is 0 Å². The molecular weight excluding hydrogens is 182 g/mol. The van der Waals surface area contributed by atoms with Gasteiger partial charge >= 0.3 is 5.97 Å². The van der Waals surface area contributed by atoms with Gasteiger partial charge in [0.15, 0.2) is 0 Å². The van der Waals surface area contributed by atoms with E-state index in [4.69, 9.17) is 10.8 Å². The first-order chi connectivity index (χ1) is 6.65. The second-order valence-corrected chi connectivity index (χ2v) is 3.68. The molecule has 0 aliphatic heterocycles. The van der Waals surface area contributed by atoms with Crippen molar-refractivity contribution in [1.29, 1.82) is 0 Å². The molecule has 0 saturated heterocycles. The predicted octanol–water partition coefficient (Wildman–Crippen LogP) is -0.0799. The van der Waals surface area contributed by atoms with Gasteiger partial charge in [0.1, 0.15) is 6.33 Å².